The van der Waals surface area contributed by atoms with E-state index in [4.69, 9.17) is 4.42 Å². The molecule has 2 rings (SSSR count). The number of hydrogen-bond acceptors (Lipinski definition) is 3. The highest BCUT2D eigenvalue weighted by molar-refractivity contribution is 9.10. The molecule has 5 heteroatoms. The van der Waals surface area contributed by atoms with Crippen LogP contribution in [0.3, 0.4) is 0 Å². The Morgan fingerprint density at radius 3 is 3.00 bits per heavy atom. The van der Waals surface area contributed by atoms with Gasteiger partial charge in [-0.1, -0.05) is 0 Å². The standard InChI is InChI=1S/C11H14BrNO3/c12-10-9(3-4-16-10)11(15)13-6-7-1-2-8(14)5-7/h3-4,7-8,14H,1-2,5-6H2,(H,13,15). The molecule has 1 aromatic rings. The van der Waals surface area contributed by atoms with Gasteiger partial charge >= 0.3 is 0 Å². The van der Waals surface area contributed by atoms with Gasteiger partial charge in [0.1, 0.15) is 0 Å². The van der Waals surface area contributed by atoms with Crippen LogP contribution in [0.15, 0.2) is 21.4 Å². The Balaban J connectivity index is 1.82. The smallest absolute Gasteiger partial charge is 0.255 e. The van der Waals surface area contributed by atoms with Crippen LogP contribution in [0.25, 0.3) is 0 Å². The lowest BCUT2D eigenvalue weighted by Crippen LogP contribution is -2.28. The molecular weight excluding hydrogens is 274 g/mol. The van der Waals surface area contributed by atoms with E-state index >= 15 is 0 Å². The Morgan fingerprint density at radius 2 is 2.44 bits per heavy atom. The van der Waals surface area contributed by atoms with E-state index in [1.54, 1.807) is 6.07 Å². The molecule has 2 atom stereocenters. The van der Waals surface area contributed by atoms with E-state index in [1.165, 1.54) is 6.26 Å². The van der Waals surface area contributed by atoms with E-state index < -0.39 is 0 Å². The summed E-state index contributed by atoms with van der Waals surface area (Å²) in [5.41, 5.74) is 0.513. The lowest BCUT2D eigenvalue weighted by Gasteiger charge is -2.10. The first-order valence-electron chi connectivity index (χ1n) is 5.36. The summed E-state index contributed by atoms with van der Waals surface area (Å²) in [5, 5.41) is 12.2. The maximum Gasteiger partial charge on any atom is 0.255 e. The first kappa shape index (κ1) is 11.7. The van der Waals surface area contributed by atoms with Gasteiger partial charge in [0.05, 0.1) is 17.9 Å². The zero-order chi connectivity index (χ0) is 11.5. The van der Waals surface area contributed by atoms with Gasteiger partial charge < -0.3 is 14.8 Å². The summed E-state index contributed by atoms with van der Waals surface area (Å²) in [5.74, 6) is 0.256. The van der Waals surface area contributed by atoms with Crippen molar-refractivity contribution in [2.24, 2.45) is 5.92 Å². The van der Waals surface area contributed by atoms with Crippen molar-refractivity contribution in [3.63, 3.8) is 0 Å². The van der Waals surface area contributed by atoms with E-state index in [-0.39, 0.29) is 12.0 Å². The fourth-order valence-electron chi connectivity index (χ4n) is 2.02. The molecule has 0 aliphatic heterocycles. The van der Waals surface area contributed by atoms with E-state index in [0.717, 1.165) is 19.3 Å². The maximum absolute atomic E-state index is 11.7. The molecule has 0 bridgehead atoms. The van der Waals surface area contributed by atoms with Crippen LogP contribution in [0.4, 0.5) is 0 Å². The van der Waals surface area contributed by atoms with Gasteiger partial charge in [-0.2, -0.15) is 0 Å². The van der Waals surface area contributed by atoms with Crippen molar-refractivity contribution in [2.75, 3.05) is 6.54 Å². The SMILES string of the molecule is O=C(NCC1CCC(O)C1)c1ccoc1Br. The maximum atomic E-state index is 11.7. The van der Waals surface area contributed by atoms with E-state index in [1.807, 2.05) is 0 Å². The highest BCUT2D eigenvalue weighted by atomic mass is 79.9. The summed E-state index contributed by atoms with van der Waals surface area (Å²) in [6.07, 6.45) is 3.89. The van der Waals surface area contributed by atoms with Crippen LogP contribution in [0.1, 0.15) is 29.6 Å². The monoisotopic (exact) mass is 287 g/mol. The molecule has 1 aliphatic carbocycles. The number of aliphatic hydroxyl groups is 1. The number of halogens is 1. The second kappa shape index (κ2) is 5.01. The molecule has 16 heavy (non-hydrogen) atoms. The van der Waals surface area contributed by atoms with Crippen LogP contribution in [0, 0.1) is 5.92 Å². The number of aliphatic hydroxyl groups excluding tert-OH is 1. The molecule has 1 amide bonds. The highest BCUT2D eigenvalue weighted by Gasteiger charge is 2.23. The Labute approximate surface area is 102 Å². The van der Waals surface area contributed by atoms with Gasteiger partial charge in [-0.3, -0.25) is 4.79 Å². The molecule has 2 N–H and O–H groups in total. The molecular formula is C11H14BrNO3. The van der Waals surface area contributed by atoms with Crippen molar-refractivity contribution in [2.45, 2.75) is 25.4 Å². The minimum Gasteiger partial charge on any atom is -0.457 e. The summed E-state index contributed by atoms with van der Waals surface area (Å²) >= 11 is 3.16. The van der Waals surface area contributed by atoms with Gasteiger partial charge in [0.2, 0.25) is 0 Å². The normalized spacial score (nSPS) is 24.6. The van der Waals surface area contributed by atoms with Crippen molar-refractivity contribution in [3.8, 4) is 0 Å². The molecule has 1 heterocycles. The number of hydrogen-bond donors (Lipinski definition) is 2. The Bertz CT molecular complexity index is 377. The molecule has 0 aromatic carbocycles. The first-order chi connectivity index (χ1) is 7.66. The quantitative estimate of drug-likeness (QED) is 0.893. The van der Waals surface area contributed by atoms with Gasteiger partial charge in [-0.15, -0.1) is 0 Å². The Kier molecular flexibility index (Phi) is 3.66. The molecule has 1 fully saturated rings. The van der Waals surface area contributed by atoms with Crippen molar-refractivity contribution >= 4 is 21.8 Å². The van der Waals surface area contributed by atoms with Gasteiger partial charge in [0.15, 0.2) is 4.67 Å². The number of carbonyl (C=O) groups is 1. The molecule has 1 saturated carbocycles. The minimum atomic E-state index is -0.192. The predicted molar refractivity (Wildman–Crippen MR) is 62.1 cm³/mol. The van der Waals surface area contributed by atoms with Crippen LogP contribution in [-0.4, -0.2) is 23.7 Å². The Morgan fingerprint density at radius 1 is 1.62 bits per heavy atom. The van der Waals surface area contributed by atoms with Crippen LogP contribution < -0.4 is 5.32 Å². The van der Waals surface area contributed by atoms with E-state index in [9.17, 15) is 9.90 Å². The van der Waals surface area contributed by atoms with Crippen molar-refractivity contribution in [1.82, 2.24) is 5.32 Å². The summed E-state index contributed by atoms with van der Waals surface area (Å²) in [7, 11) is 0. The molecule has 1 aliphatic rings. The van der Waals surface area contributed by atoms with E-state index in [2.05, 4.69) is 21.2 Å². The zero-order valence-electron chi connectivity index (χ0n) is 8.78. The lowest BCUT2D eigenvalue weighted by molar-refractivity contribution is 0.0943. The van der Waals surface area contributed by atoms with Gasteiger partial charge in [0.25, 0.3) is 5.91 Å². The zero-order valence-corrected chi connectivity index (χ0v) is 10.4. The molecule has 0 spiro atoms. The topological polar surface area (TPSA) is 62.5 Å². The van der Waals surface area contributed by atoms with Crippen molar-refractivity contribution in [1.29, 1.82) is 0 Å². The molecule has 88 valence electrons. The van der Waals surface area contributed by atoms with Crippen molar-refractivity contribution < 1.29 is 14.3 Å². The number of amides is 1. The molecule has 0 radical (unpaired) electrons. The molecule has 1 aromatic heterocycles. The summed E-state index contributed by atoms with van der Waals surface area (Å²) < 4.78 is 5.45. The number of rotatable bonds is 3. The molecule has 4 nitrogen and oxygen atoms in total. The fourth-order valence-corrected chi connectivity index (χ4v) is 2.44. The van der Waals surface area contributed by atoms with Crippen LogP contribution in [0.2, 0.25) is 0 Å². The minimum absolute atomic E-state index is 0.137. The summed E-state index contributed by atoms with van der Waals surface area (Å²) in [6.45, 7) is 0.619. The average Bonchev–Trinajstić information content (AvgIpc) is 2.84. The second-order valence-electron chi connectivity index (χ2n) is 4.15. The molecule has 0 saturated heterocycles. The Hall–Kier alpha value is -0.810. The first-order valence-corrected chi connectivity index (χ1v) is 6.15. The fraction of sp³-hybridized carbons (Fsp3) is 0.545. The van der Waals surface area contributed by atoms with E-state index in [0.29, 0.717) is 22.7 Å². The molecule has 2 unspecified atom stereocenters. The second-order valence-corrected chi connectivity index (χ2v) is 4.87. The van der Waals surface area contributed by atoms with Crippen LogP contribution >= 0.6 is 15.9 Å². The predicted octanol–water partition coefficient (Wildman–Crippen LogP) is 1.93. The van der Waals surface area contributed by atoms with Crippen molar-refractivity contribution in [3.05, 3.63) is 22.6 Å². The van der Waals surface area contributed by atoms with Gasteiger partial charge in [0, 0.05) is 6.54 Å². The third-order valence-electron chi connectivity index (χ3n) is 2.93. The average molecular weight is 288 g/mol. The van der Waals surface area contributed by atoms with Crippen LogP contribution in [-0.2, 0) is 0 Å². The summed E-state index contributed by atoms with van der Waals surface area (Å²) in [6, 6.07) is 1.63. The third-order valence-corrected chi connectivity index (χ3v) is 3.54. The number of furan rings is 1. The lowest BCUT2D eigenvalue weighted by atomic mass is 10.1. The summed E-state index contributed by atoms with van der Waals surface area (Å²) in [4.78, 5) is 11.7. The number of nitrogens with one attached hydrogen (secondary N) is 1. The van der Waals surface area contributed by atoms with Gasteiger partial charge in [-0.05, 0) is 47.2 Å². The third kappa shape index (κ3) is 2.65. The highest BCUT2D eigenvalue weighted by Crippen LogP contribution is 2.25. The van der Waals surface area contributed by atoms with Crippen LogP contribution in [0.5, 0.6) is 0 Å². The number of carbonyl (C=O) groups excluding carboxylic acids is 1. The van der Waals surface area contributed by atoms with Gasteiger partial charge in [-0.25, -0.2) is 0 Å². The largest absolute Gasteiger partial charge is 0.457 e.